The van der Waals surface area contributed by atoms with E-state index in [1.165, 1.54) is 77.9 Å². The summed E-state index contributed by atoms with van der Waals surface area (Å²) >= 11 is 12.6. The number of rotatable bonds is 28. The van der Waals surface area contributed by atoms with Crippen LogP contribution in [0.15, 0.2) is 95.5 Å². The Balaban J connectivity index is 0.000000222. The van der Waals surface area contributed by atoms with E-state index in [1.54, 1.807) is 49.1 Å². The zero-order valence-electron chi connectivity index (χ0n) is 54.6. The van der Waals surface area contributed by atoms with Crippen LogP contribution in [0.4, 0.5) is 16.4 Å². The van der Waals surface area contributed by atoms with Gasteiger partial charge in [-0.1, -0.05) is 62.0 Å². The molecule has 0 aromatic carbocycles. The number of aromatic nitrogens is 8. The van der Waals surface area contributed by atoms with Crippen LogP contribution in [-0.2, 0) is 24.8 Å². The molecule has 2 unspecified atom stereocenters. The molecule has 2 aliphatic heterocycles. The summed E-state index contributed by atoms with van der Waals surface area (Å²) in [6.45, 7) is 22.9. The molecular formula is C65H88Cl2N14O10S2. The van der Waals surface area contributed by atoms with E-state index in [0.29, 0.717) is 90.3 Å². The summed E-state index contributed by atoms with van der Waals surface area (Å²) in [5, 5.41) is 17.5. The number of carbonyl (C=O) groups is 3. The van der Waals surface area contributed by atoms with Gasteiger partial charge in [-0.3, -0.25) is 9.59 Å². The minimum atomic E-state index is -4.32. The first-order chi connectivity index (χ1) is 43.8. The number of nitrogens with one attached hydrogen (secondary N) is 5. The monoisotopic (exact) mass is 1360 g/mol. The van der Waals surface area contributed by atoms with Crippen LogP contribution < -0.4 is 34.9 Å². The van der Waals surface area contributed by atoms with Crippen molar-refractivity contribution in [1.82, 2.24) is 59.2 Å². The topological polar surface area (TPSA) is 298 Å². The van der Waals surface area contributed by atoms with E-state index in [9.17, 15) is 31.2 Å². The van der Waals surface area contributed by atoms with Crippen LogP contribution in [0.3, 0.4) is 0 Å². The maximum Gasteiger partial charge on any atom is 0.410 e. The third kappa shape index (κ3) is 20.2. The first-order valence-electron chi connectivity index (χ1n) is 31.9. The smallest absolute Gasteiger partial charge is 0.410 e. The van der Waals surface area contributed by atoms with Crippen LogP contribution in [0.25, 0.3) is 11.6 Å². The van der Waals surface area contributed by atoms with E-state index >= 15 is 0 Å². The summed E-state index contributed by atoms with van der Waals surface area (Å²) in [4.78, 5) is 57.3. The molecule has 28 heteroatoms. The first kappa shape index (κ1) is 70.2. The molecule has 0 radical (unpaired) electrons. The predicted molar refractivity (Wildman–Crippen MR) is 355 cm³/mol. The maximum atomic E-state index is 13.1. The Kier molecular flexibility index (Phi) is 22.1. The van der Waals surface area contributed by atoms with Crippen LogP contribution in [0.5, 0.6) is 11.5 Å². The van der Waals surface area contributed by atoms with Crippen molar-refractivity contribution in [2.24, 2.45) is 22.7 Å². The summed E-state index contributed by atoms with van der Waals surface area (Å²) in [5.74, 6) is 1.89. The van der Waals surface area contributed by atoms with Crippen LogP contribution in [-0.4, -0.2) is 135 Å². The number of likely N-dealkylation sites (tertiary alicyclic amines) is 1. The first-order valence-corrected chi connectivity index (χ1v) is 35.6. The number of halogens is 2. The van der Waals surface area contributed by atoms with Crippen molar-refractivity contribution >= 4 is 72.8 Å². The quantitative estimate of drug-likeness (QED) is 0.0225. The van der Waals surface area contributed by atoms with Crippen molar-refractivity contribution in [3.8, 4) is 23.1 Å². The molecule has 10 rings (SSSR count). The van der Waals surface area contributed by atoms with Crippen LogP contribution >= 0.6 is 23.2 Å². The summed E-state index contributed by atoms with van der Waals surface area (Å²) in [6, 6.07) is 15.0. The van der Waals surface area contributed by atoms with Crippen molar-refractivity contribution in [2.45, 2.75) is 179 Å². The van der Waals surface area contributed by atoms with Gasteiger partial charge in [0.15, 0.2) is 33.2 Å². The second kappa shape index (κ2) is 29.2. The third-order valence-corrected chi connectivity index (χ3v) is 20.3. The normalized spacial score (nSPS) is 18.4. The Morgan fingerprint density at radius 3 is 1.51 bits per heavy atom. The SMILES string of the molecule is CC1(CCOc2cnn(-c3ccc(C(=O)NS(=O)(=O)c4cccc(NCCCCC5CN(C(=O)OC(C)(C)C)C(C)(C)C5)n4)c(Cl)n3)c2)CC1.CC1(CCOc2cnn(-c3ccc(C(=O)NS(=O)(=O)c4cccc(NCCCCC5CNC(C)(C)C5)n4)c(Cl)n3)c2)CC1. The lowest BCUT2D eigenvalue weighted by atomic mass is 9.93. The fourth-order valence-corrected chi connectivity index (χ4v) is 13.6. The highest BCUT2D eigenvalue weighted by Crippen LogP contribution is 2.49. The van der Waals surface area contributed by atoms with E-state index in [4.69, 9.17) is 37.4 Å². The number of amides is 3. The Labute approximate surface area is 555 Å². The molecule has 2 atom stereocenters. The Morgan fingerprint density at radius 1 is 0.624 bits per heavy atom. The molecule has 93 heavy (non-hydrogen) atoms. The van der Waals surface area contributed by atoms with Gasteiger partial charge in [-0.2, -0.15) is 27.0 Å². The standard InChI is InChI=1S/C35H48ClN7O6S.C30H40ClN7O4S/c1-33(2,3)49-32(45)42-22-24(20-34(42,4)5)10-7-8-18-37-27-11-9-12-29(39-27)50(46,47)41-31(44)26-13-14-28(40-30(26)36)43-23-25(21-38-43)48-19-17-35(6)15-16-35;1-29(2)17-21(18-33-29)7-4-5-15-32-24-8-6-9-26(35-24)43(40,41)37-28(39)23-10-11-25(36-27(23)31)38-20-22(19-34-38)42-16-14-30(3)12-13-30/h9,11-14,21,23-24H,7-8,10,15-20,22H2,1-6H3,(H,37,39)(H,41,44);6,8-11,19-21,33H,4-5,7,12-18H2,1-3H3,(H,32,35)(H,37,39). The zero-order valence-corrected chi connectivity index (χ0v) is 57.7. The van der Waals surface area contributed by atoms with Crippen molar-refractivity contribution in [1.29, 1.82) is 0 Å². The Bertz CT molecular complexity index is 3850. The highest BCUT2D eigenvalue weighted by atomic mass is 35.5. The summed E-state index contributed by atoms with van der Waals surface area (Å²) in [7, 11) is -8.57. The van der Waals surface area contributed by atoms with Crippen molar-refractivity contribution in [2.75, 3.05) is 50.0 Å². The molecule has 0 spiro atoms. The van der Waals surface area contributed by atoms with Gasteiger partial charge in [0, 0.05) is 30.7 Å². The van der Waals surface area contributed by atoms with Crippen LogP contribution in [0, 0.1) is 22.7 Å². The number of pyridine rings is 4. The molecule has 2 saturated carbocycles. The van der Waals surface area contributed by atoms with Gasteiger partial charge in [0.05, 0.1) is 49.1 Å². The summed E-state index contributed by atoms with van der Waals surface area (Å²) < 4.78 is 76.4. The van der Waals surface area contributed by atoms with E-state index in [0.717, 1.165) is 64.3 Å². The molecular weight excluding hydrogens is 1270 g/mol. The van der Waals surface area contributed by atoms with Gasteiger partial charge in [0.2, 0.25) is 0 Å². The number of carbonyl (C=O) groups excluding carboxylic acids is 3. The lowest BCUT2D eigenvalue weighted by Crippen LogP contribution is -2.45. The maximum absolute atomic E-state index is 13.1. The summed E-state index contributed by atoms with van der Waals surface area (Å²) in [6.07, 6.45) is 21.1. The number of hydrogen-bond acceptors (Lipinski definition) is 19. The van der Waals surface area contributed by atoms with Gasteiger partial charge < -0.3 is 35.1 Å². The summed E-state index contributed by atoms with van der Waals surface area (Å²) in [5.41, 5.74) is -0.0201. The number of unbranched alkanes of at least 4 members (excludes halogenated alkanes) is 2. The van der Waals surface area contributed by atoms with Crippen molar-refractivity contribution in [3.63, 3.8) is 0 Å². The van der Waals surface area contributed by atoms with Crippen LogP contribution in [0.2, 0.25) is 10.3 Å². The van der Waals surface area contributed by atoms with E-state index in [2.05, 4.69) is 87.6 Å². The Morgan fingerprint density at radius 2 is 1.09 bits per heavy atom. The Hall–Kier alpha value is -7.13. The molecule has 2 saturated heterocycles. The molecule has 2 aliphatic carbocycles. The number of nitrogens with zero attached hydrogens (tertiary/aromatic N) is 9. The fraction of sp³-hybridized carbons (Fsp3) is 0.554. The molecule has 4 aliphatic rings. The number of ether oxygens (including phenoxy) is 3. The van der Waals surface area contributed by atoms with Gasteiger partial charge in [-0.15, -0.1) is 0 Å². The second-order valence-corrected chi connectivity index (χ2v) is 31.8. The van der Waals surface area contributed by atoms with Gasteiger partial charge in [0.1, 0.15) is 27.5 Å². The van der Waals surface area contributed by atoms with Crippen LogP contribution in [0.1, 0.15) is 173 Å². The van der Waals surface area contributed by atoms with Gasteiger partial charge in [-0.05, 0) is 203 Å². The van der Waals surface area contributed by atoms with Gasteiger partial charge >= 0.3 is 6.09 Å². The lowest BCUT2D eigenvalue weighted by molar-refractivity contribution is 0.0130. The molecule has 504 valence electrons. The van der Waals surface area contributed by atoms with Crippen molar-refractivity contribution < 1.29 is 45.4 Å². The van der Waals surface area contributed by atoms with Gasteiger partial charge in [0.25, 0.3) is 31.9 Å². The van der Waals surface area contributed by atoms with Crippen molar-refractivity contribution in [3.05, 3.63) is 107 Å². The largest absolute Gasteiger partial charge is 0.490 e. The highest BCUT2D eigenvalue weighted by molar-refractivity contribution is 7.90. The average Bonchev–Trinajstić information content (AvgIpc) is 1.77. The number of anilines is 2. The molecule has 24 nitrogen and oxygen atoms in total. The van der Waals surface area contributed by atoms with E-state index < -0.39 is 37.5 Å². The molecule has 3 amide bonds. The van der Waals surface area contributed by atoms with E-state index in [1.807, 2.05) is 35.1 Å². The third-order valence-electron chi connectivity index (χ3n) is 17.3. The fourth-order valence-electron chi connectivity index (χ4n) is 11.3. The molecule has 5 N–H and O–H groups in total. The molecule has 6 aromatic rings. The molecule has 0 bridgehead atoms. The predicted octanol–water partition coefficient (Wildman–Crippen LogP) is 11.6. The number of hydrogen-bond donors (Lipinski definition) is 5. The molecule has 8 heterocycles. The lowest BCUT2D eigenvalue weighted by Gasteiger charge is -2.33. The zero-order chi connectivity index (χ0) is 67.0. The average molecular weight is 1360 g/mol. The highest BCUT2D eigenvalue weighted by Gasteiger charge is 2.43. The minimum Gasteiger partial charge on any atom is -0.490 e. The number of sulfonamides is 2. The second-order valence-electron chi connectivity index (χ2n) is 27.8. The molecule has 4 fully saturated rings. The molecule has 6 aromatic heterocycles. The van der Waals surface area contributed by atoms with Gasteiger partial charge in [-0.25, -0.2) is 43.5 Å². The van der Waals surface area contributed by atoms with E-state index in [-0.39, 0.29) is 48.7 Å². The minimum absolute atomic E-state index is 0.0922.